The van der Waals surface area contributed by atoms with E-state index in [0.29, 0.717) is 11.3 Å². The second kappa shape index (κ2) is 8.93. The maximum Gasteiger partial charge on any atom is 0.169 e. The van der Waals surface area contributed by atoms with E-state index in [-0.39, 0.29) is 18.0 Å². The van der Waals surface area contributed by atoms with Gasteiger partial charge >= 0.3 is 0 Å². The molecule has 0 aliphatic carbocycles. The summed E-state index contributed by atoms with van der Waals surface area (Å²) in [7, 11) is 3.19. The highest BCUT2D eigenvalue weighted by Crippen LogP contribution is 2.28. The molecule has 0 heterocycles. The molecular weight excluding hydrogens is 257 g/mol. The van der Waals surface area contributed by atoms with Crippen molar-refractivity contribution in [3.05, 3.63) is 29.6 Å². The van der Waals surface area contributed by atoms with Crippen LogP contribution < -0.4 is 10.1 Å². The fraction of sp³-hybridized carbons (Fsp3) is 0.625. The molecule has 1 aromatic carbocycles. The molecule has 0 bridgehead atoms. The number of benzene rings is 1. The van der Waals surface area contributed by atoms with Gasteiger partial charge in [-0.3, -0.25) is 0 Å². The van der Waals surface area contributed by atoms with Gasteiger partial charge in [-0.1, -0.05) is 19.1 Å². The Labute approximate surface area is 121 Å². The molecule has 20 heavy (non-hydrogen) atoms. The third kappa shape index (κ3) is 4.76. The molecule has 1 rings (SSSR count). The van der Waals surface area contributed by atoms with Crippen LogP contribution in [0.5, 0.6) is 5.75 Å². The van der Waals surface area contributed by atoms with Crippen LogP contribution in [-0.4, -0.2) is 26.9 Å². The zero-order chi connectivity index (χ0) is 15.0. The van der Waals surface area contributed by atoms with E-state index < -0.39 is 0 Å². The number of hydrogen-bond donors (Lipinski definition) is 1. The third-order valence-corrected chi connectivity index (χ3v) is 3.49. The second-order valence-electron chi connectivity index (χ2n) is 4.99. The minimum atomic E-state index is -0.270. The smallest absolute Gasteiger partial charge is 0.169 e. The molecule has 3 nitrogen and oxygen atoms in total. The first kappa shape index (κ1) is 16.9. The Kier molecular flexibility index (Phi) is 7.55. The lowest BCUT2D eigenvalue weighted by atomic mass is 9.99. The van der Waals surface area contributed by atoms with Crippen LogP contribution in [0.2, 0.25) is 0 Å². The fourth-order valence-electron chi connectivity index (χ4n) is 2.16. The molecule has 0 spiro atoms. The first-order valence-electron chi connectivity index (χ1n) is 7.22. The summed E-state index contributed by atoms with van der Waals surface area (Å²) in [6.07, 6.45) is 2.91. The molecule has 0 amide bonds. The molecule has 2 unspecified atom stereocenters. The van der Waals surface area contributed by atoms with Crippen LogP contribution in [0.4, 0.5) is 4.39 Å². The summed E-state index contributed by atoms with van der Waals surface area (Å²) >= 11 is 0. The fourth-order valence-corrected chi connectivity index (χ4v) is 2.16. The largest absolute Gasteiger partial charge is 0.494 e. The predicted octanol–water partition coefficient (Wildman–Crippen LogP) is 3.69. The molecule has 0 aromatic heterocycles. The Hall–Kier alpha value is -1.13. The van der Waals surface area contributed by atoms with E-state index in [1.165, 1.54) is 7.11 Å². The summed E-state index contributed by atoms with van der Waals surface area (Å²) in [5.74, 6) is 0.0271. The van der Waals surface area contributed by atoms with Gasteiger partial charge in [0, 0.05) is 18.7 Å². The minimum absolute atomic E-state index is 0.0114. The molecule has 0 saturated carbocycles. The van der Waals surface area contributed by atoms with Gasteiger partial charge in [0.15, 0.2) is 11.6 Å². The Morgan fingerprint density at radius 3 is 2.60 bits per heavy atom. The van der Waals surface area contributed by atoms with Crippen molar-refractivity contribution in [1.82, 2.24) is 5.32 Å². The Morgan fingerprint density at radius 1 is 1.25 bits per heavy atom. The van der Waals surface area contributed by atoms with Crippen molar-refractivity contribution < 1.29 is 13.9 Å². The Balaban J connectivity index is 2.86. The SMILES string of the molecule is CCCNC(CCC(C)OC)c1cccc(OC)c1F. The van der Waals surface area contributed by atoms with Crippen molar-refractivity contribution in [2.24, 2.45) is 0 Å². The molecule has 0 fully saturated rings. The molecular formula is C16H26FNO2. The van der Waals surface area contributed by atoms with Gasteiger partial charge in [0.25, 0.3) is 0 Å². The summed E-state index contributed by atoms with van der Waals surface area (Å²) in [4.78, 5) is 0. The average molecular weight is 283 g/mol. The first-order valence-corrected chi connectivity index (χ1v) is 7.22. The van der Waals surface area contributed by atoms with Crippen LogP contribution in [0.1, 0.15) is 44.7 Å². The predicted molar refractivity (Wildman–Crippen MR) is 79.7 cm³/mol. The van der Waals surface area contributed by atoms with Crippen LogP contribution in [0.25, 0.3) is 0 Å². The lowest BCUT2D eigenvalue weighted by Crippen LogP contribution is -2.24. The summed E-state index contributed by atoms with van der Waals surface area (Å²) in [6.45, 7) is 4.99. The van der Waals surface area contributed by atoms with Crippen molar-refractivity contribution in [1.29, 1.82) is 0 Å². The number of halogens is 1. The highest BCUT2D eigenvalue weighted by Gasteiger charge is 2.18. The highest BCUT2D eigenvalue weighted by atomic mass is 19.1. The maximum atomic E-state index is 14.4. The lowest BCUT2D eigenvalue weighted by Gasteiger charge is -2.22. The molecule has 1 aromatic rings. The molecule has 0 aliphatic rings. The third-order valence-electron chi connectivity index (χ3n) is 3.49. The van der Waals surface area contributed by atoms with Crippen LogP contribution in [0.15, 0.2) is 18.2 Å². The Morgan fingerprint density at radius 2 is 2.00 bits per heavy atom. The van der Waals surface area contributed by atoms with Crippen molar-refractivity contribution >= 4 is 0 Å². The van der Waals surface area contributed by atoms with Crippen LogP contribution in [0.3, 0.4) is 0 Å². The van der Waals surface area contributed by atoms with Crippen molar-refractivity contribution in [3.63, 3.8) is 0 Å². The molecule has 1 N–H and O–H groups in total. The molecule has 0 saturated heterocycles. The van der Waals surface area contributed by atoms with Gasteiger partial charge in [-0.2, -0.15) is 0 Å². The zero-order valence-corrected chi connectivity index (χ0v) is 12.9. The maximum absolute atomic E-state index is 14.4. The van der Waals surface area contributed by atoms with E-state index in [4.69, 9.17) is 9.47 Å². The van der Waals surface area contributed by atoms with Gasteiger partial charge in [0.05, 0.1) is 13.2 Å². The number of rotatable bonds is 9. The van der Waals surface area contributed by atoms with Gasteiger partial charge in [0.1, 0.15) is 0 Å². The Bertz CT molecular complexity index is 398. The van der Waals surface area contributed by atoms with Gasteiger partial charge in [0.2, 0.25) is 0 Å². The van der Waals surface area contributed by atoms with Gasteiger partial charge in [-0.15, -0.1) is 0 Å². The summed E-state index contributed by atoms with van der Waals surface area (Å²) in [6, 6.07) is 5.29. The molecule has 0 radical (unpaired) electrons. The van der Waals surface area contributed by atoms with Crippen molar-refractivity contribution in [2.45, 2.75) is 45.3 Å². The van der Waals surface area contributed by atoms with E-state index in [1.54, 1.807) is 13.2 Å². The van der Waals surface area contributed by atoms with E-state index in [1.807, 2.05) is 19.1 Å². The number of nitrogens with one attached hydrogen (secondary N) is 1. The molecule has 2 atom stereocenters. The van der Waals surface area contributed by atoms with Gasteiger partial charge in [-0.05, 0) is 38.8 Å². The normalized spacial score (nSPS) is 14.1. The average Bonchev–Trinajstić information content (AvgIpc) is 2.47. The number of hydrogen-bond acceptors (Lipinski definition) is 3. The van der Waals surface area contributed by atoms with Crippen LogP contribution >= 0.6 is 0 Å². The zero-order valence-electron chi connectivity index (χ0n) is 12.9. The monoisotopic (exact) mass is 283 g/mol. The first-order chi connectivity index (χ1) is 9.63. The van der Waals surface area contributed by atoms with E-state index >= 15 is 0 Å². The van der Waals surface area contributed by atoms with Gasteiger partial charge in [-0.25, -0.2) is 4.39 Å². The summed E-state index contributed by atoms with van der Waals surface area (Å²) < 4.78 is 24.7. The van der Waals surface area contributed by atoms with E-state index in [2.05, 4.69) is 12.2 Å². The highest BCUT2D eigenvalue weighted by molar-refractivity contribution is 5.33. The standard InChI is InChI=1S/C16H26FNO2/c1-5-11-18-14(10-9-12(2)19-3)13-7-6-8-15(20-4)16(13)17/h6-8,12,14,18H,5,9-11H2,1-4H3. The van der Waals surface area contributed by atoms with E-state index in [9.17, 15) is 4.39 Å². The topological polar surface area (TPSA) is 30.5 Å². The minimum Gasteiger partial charge on any atom is -0.494 e. The number of methoxy groups -OCH3 is 2. The van der Waals surface area contributed by atoms with Gasteiger partial charge < -0.3 is 14.8 Å². The quantitative estimate of drug-likeness (QED) is 0.749. The second-order valence-corrected chi connectivity index (χ2v) is 4.99. The van der Waals surface area contributed by atoms with Crippen molar-refractivity contribution in [3.8, 4) is 5.75 Å². The molecule has 114 valence electrons. The van der Waals surface area contributed by atoms with Crippen LogP contribution in [-0.2, 0) is 4.74 Å². The number of ether oxygens (including phenoxy) is 2. The van der Waals surface area contributed by atoms with Crippen molar-refractivity contribution in [2.75, 3.05) is 20.8 Å². The lowest BCUT2D eigenvalue weighted by molar-refractivity contribution is 0.106. The van der Waals surface area contributed by atoms with E-state index in [0.717, 1.165) is 25.8 Å². The summed E-state index contributed by atoms with van der Waals surface area (Å²) in [5, 5.41) is 3.41. The van der Waals surface area contributed by atoms with Crippen LogP contribution in [0, 0.1) is 5.82 Å². The summed E-state index contributed by atoms with van der Waals surface area (Å²) in [5.41, 5.74) is 0.668. The molecule has 4 heteroatoms. The molecule has 0 aliphatic heterocycles.